The molecule has 0 aromatic heterocycles. The fourth-order valence-corrected chi connectivity index (χ4v) is 3.44. The summed E-state index contributed by atoms with van der Waals surface area (Å²) in [7, 11) is 3.16. The van der Waals surface area contributed by atoms with E-state index in [4.69, 9.17) is 18.9 Å². The third-order valence-electron chi connectivity index (χ3n) is 4.37. The molecule has 0 aliphatic carbocycles. The molecule has 1 aliphatic rings. The fraction of sp³-hybridized carbons (Fsp3) is 0.261. The number of carbonyl (C=O) groups excluding carboxylic acids is 1. The van der Waals surface area contributed by atoms with E-state index < -0.39 is 5.60 Å². The number of rotatable bonds is 7. The highest BCUT2D eigenvalue weighted by Gasteiger charge is 2.27. The quantitative estimate of drug-likeness (QED) is 0.310. The van der Waals surface area contributed by atoms with Crippen LogP contribution in [0.4, 0.5) is 0 Å². The SMILES string of the molecule is COCOc1ccc(/C=C/C(=O)c2ccc(OC)c3c2OC(C)(C)C=C3)cc1Br. The minimum Gasteiger partial charge on any atom is -0.496 e. The van der Waals surface area contributed by atoms with Gasteiger partial charge < -0.3 is 18.9 Å². The minimum absolute atomic E-state index is 0.147. The lowest BCUT2D eigenvalue weighted by molar-refractivity contribution is 0.0506. The van der Waals surface area contributed by atoms with Crippen molar-refractivity contribution in [1.82, 2.24) is 0 Å². The van der Waals surface area contributed by atoms with Gasteiger partial charge in [-0.15, -0.1) is 0 Å². The Bertz CT molecular complexity index is 975. The Labute approximate surface area is 179 Å². The number of hydrogen-bond acceptors (Lipinski definition) is 5. The first-order chi connectivity index (χ1) is 13.8. The Kier molecular flexibility index (Phi) is 6.45. The summed E-state index contributed by atoms with van der Waals surface area (Å²) in [4.78, 5) is 12.9. The van der Waals surface area contributed by atoms with Gasteiger partial charge in [-0.25, -0.2) is 0 Å². The third-order valence-corrected chi connectivity index (χ3v) is 4.99. The van der Waals surface area contributed by atoms with Gasteiger partial charge in [-0.05, 0) is 77.8 Å². The molecule has 0 saturated heterocycles. The van der Waals surface area contributed by atoms with Crippen LogP contribution >= 0.6 is 15.9 Å². The number of ketones is 1. The molecule has 0 bridgehead atoms. The van der Waals surface area contributed by atoms with Crippen LogP contribution in [0, 0.1) is 0 Å². The predicted molar refractivity (Wildman–Crippen MR) is 117 cm³/mol. The number of benzene rings is 2. The van der Waals surface area contributed by atoms with Crippen molar-refractivity contribution >= 4 is 33.9 Å². The maximum atomic E-state index is 12.9. The van der Waals surface area contributed by atoms with Gasteiger partial charge in [-0.3, -0.25) is 4.79 Å². The first kappa shape index (κ1) is 21.1. The largest absolute Gasteiger partial charge is 0.496 e. The number of allylic oxidation sites excluding steroid dienone is 1. The molecule has 0 saturated carbocycles. The molecule has 0 radical (unpaired) electrons. The van der Waals surface area contributed by atoms with Crippen molar-refractivity contribution in [1.29, 1.82) is 0 Å². The van der Waals surface area contributed by atoms with Crippen LogP contribution in [0.1, 0.15) is 35.3 Å². The average molecular weight is 459 g/mol. The van der Waals surface area contributed by atoms with Crippen molar-refractivity contribution in [2.75, 3.05) is 21.0 Å². The summed E-state index contributed by atoms with van der Waals surface area (Å²) in [5.74, 6) is 1.73. The van der Waals surface area contributed by atoms with Gasteiger partial charge in [0.2, 0.25) is 0 Å². The van der Waals surface area contributed by atoms with E-state index in [1.54, 1.807) is 32.4 Å². The second-order valence-electron chi connectivity index (χ2n) is 7.04. The van der Waals surface area contributed by atoms with E-state index in [-0.39, 0.29) is 12.6 Å². The Morgan fingerprint density at radius 3 is 2.62 bits per heavy atom. The predicted octanol–water partition coefficient (Wildman–Crippen LogP) is 5.52. The summed E-state index contributed by atoms with van der Waals surface area (Å²) in [6.45, 7) is 4.06. The normalized spacial score (nSPS) is 14.4. The van der Waals surface area contributed by atoms with Crippen molar-refractivity contribution in [2.45, 2.75) is 19.4 Å². The second kappa shape index (κ2) is 8.84. The summed E-state index contributed by atoms with van der Waals surface area (Å²) in [5.41, 5.74) is 1.63. The zero-order chi connectivity index (χ0) is 21.0. The maximum Gasteiger partial charge on any atom is 0.189 e. The van der Waals surface area contributed by atoms with Gasteiger partial charge in [0.05, 0.1) is 22.7 Å². The Balaban J connectivity index is 1.86. The average Bonchev–Trinajstić information content (AvgIpc) is 2.69. The Morgan fingerprint density at radius 1 is 1.17 bits per heavy atom. The molecule has 0 spiro atoms. The number of ether oxygens (including phenoxy) is 4. The highest BCUT2D eigenvalue weighted by atomic mass is 79.9. The molecular weight excluding hydrogens is 436 g/mol. The van der Waals surface area contributed by atoms with E-state index in [1.807, 2.05) is 44.2 Å². The Morgan fingerprint density at radius 2 is 1.93 bits per heavy atom. The molecule has 0 amide bonds. The highest BCUT2D eigenvalue weighted by Crippen LogP contribution is 2.40. The zero-order valence-electron chi connectivity index (χ0n) is 16.8. The molecule has 0 fully saturated rings. The number of carbonyl (C=O) groups is 1. The van der Waals surface area contributed by atoms with Crippen LogP contribution in [-0.4, -0.2) is 32.4 Å². The van der Waals surface area contributed by atoms with Crippen LogP contribution in [-0.2, 0) is 4.74 Å². The van der Waals surface area contributed by atoms with E-state index in [0.717, 1.165) is 15.6 Å². The summed E-state index contributed by atoms with van der Waals surface area (Å²) < 4.78 is 22.6. The molecule has 3 rings (SSSR count). The number of hydrogen-bond donors (Lipinski definition) is 0. The smallest absolute Gasteiger partial charge is 0.189 e. The maximum absolute atomic E-state index is 12.9. The lowest BCUT2D eigenvalue weighted by Crippen LogP contribution is -2.28. The molecule has 0 N–H and O–H groups in total. The summed E-state index contributed by atoms with van der Waals surface area (Å²) >= 11 is 3.47. The summed E-state index contributed by atoms with van der Waals surface area (Å²) in [6, 6.07) is 9.08. The van der Waals surface area contributed by atoms with E-state index >= 15 is 0 Å². The van der Waals surface area contributed by atoms with Crippen molar-refractivity contribution in [3.63, 3.8) is 0 Å². The van der Waals surface area contributed by atoms with Crippen molar-refractivity contribution in [3.05, 3.63) is 63.6 Å². The van der Waals surface area contributed by atoms with Crippen LogP contribution in [0.25, 0.3) is 12.2 Å². The van der Waals surface area contributed by atoms with Crippen LogP contribution in [0.5, 0.6) is 17.2 Å². The molecule has 2 aromatic carbocycles. The molecule has 29 heavy (non-hydrogen) atoms. The zero-order valence-corrected chi connectivity index (χ0v) is 18.4. The number of fused-ring (bicyclic) bond motifs is 1. The third kappa shape index (κ3) is 4.89. The highest BCUT2D eigenvalue weighted by molar-refractivity contribution is 9.10. The van der Waals surface area contributed by atoms with Gasteiger partial charge in [0, 0.05) is 7.11 Å². The molecule has 152 valence electrons. The molecule has 0 atom stereocenters. The first-order valence-electron chi connectivity index (χ1n) is 9.07. The van der Waals surface area contributed by atoms with Gasteiger partial charge in [-0.2, -0.15) is 0 Å². The van der Waals surface area contributed by atoms with Crippen LogP contribution in [0.15, 0.2) is 47.0 Å². The fourth-order valence-electron chi connectivity index (χ4n) is 2.92. The van der Waals surface area contributed by atoms with Gasteiger partial charge >= 0.3 is 0 Å². The van der Waals surface area contributed by atoms with E-state index in [0.29, 0.717) is 22.8 Å². The van der Waals surface area contributed by atoms with E-state index in [2.05, 4.69) is 15.9 Å². The lowest BCUT2D eigenvalue weighted by atomic mass is 9.97. The topological polar surface area (TPSA) is 54.0 Å². The first-order valence-corrected chi connectivity index (χ1v) is 9.87. The van der Waals surface area contributed by atoms with Gasteiger partial charge in [0.1, 0.15) is 22.8 Å². The summed E-state index contributed by atoms with van der Waals surface area (Å²) in [5, 5.41) is 0. The molecule has 1 heterocycles. The Hall–Kier alpha value is -2.57. The lowest BCUT2D eigenvalue weighted by Gasteiger charge is -2.29. The van der Waals surface area contributed by atoms with Crippen molar-refractivity contribution in [2.24, 2.45) is 0 Å². The van der Waals surface area contributed by atoms with Crippen LogP contribution < -0.4 is 14.2 Å². The number of methoxy groups -OCH3 is 2. The number of halogens is 1. The van der Waals surface area contributed by atoms with Crippen molar-refractivity contribution < 1.29 is 23.7 Å². The molecule has 0 unspecified atom stereocenters. The van der Waals surface area contributed by atoms with Gasteiger partial charge in [0.15, 0.2) is 12.6 Å². The molecule has 6 heteroatoms. The molecule has 2 aromatic rings. The summed E-state index contributed by atoms with van der Waals surface area (Å²) in [6.07, 6.45) is 7.18. The molecular formula is C23H23BrO5. The van der Waals surface area contributed by atoms with Crippen LogP contribution in [0.2, 0.25) is 0 Å². The minimum atomic E-state index is -0.499. The van der Waals surface area contributed by atoms with Gasteiger partial charge in [0.25, 0.3) is 0 Å². The van der Waals surface area contributed by atoms with Crippen LogP contribution in [0.3, 0.4) is 0 Å². The van der Waals surface area contributed by atoms with Gasteiger partial charge in [-0.1, -0.05) is 12.1 Å². The molecule has 1 aliphatic heterocycles. The van der Waals surface area contributed by atoms with Crippen molar-refractivity contribution in [3.8, 4) is 17.2 Å². The standard InChI is InChI=1S/C23H23BrO5/c1-23(2)12-11-17-20(27-4)10-7-16(22(17)29-23)19(25)8-5-15-6-9-21(18(24)13-15)28-14-26-3/h5-13H,14H2,1-4H3/b8-5+. The second-order valence-corrected chi connectivity index (χ2v) is 7.89. The van der Waals surface area contributed by atoms with E-state index in [9.17, 15) is 4.79 Å². The van der Waals surface area contributed by atoms with E-state index in [1.165, 1.54) is 6.08 Å². The molecule has 5 nitrogen and oxygen atoms in total. The monoisotopic (exact) mass is 458 g/mol.